The van der Waals surface area contributed by atoms with Crippen LogP contribution in [0.1, 0.15) is 28.8 Å². The minimum atomic E-state index is -0.349. The fraction of sp³-hybridized carbons (Fsp3) is 0.417. The van der Waals surface area contributed by atoms with Gasteiger partial charge >= 0.3 is 0 Å². The average Bonchev–Trinajstić information content (AvgIpc) is 2.19. The molecule has 3 N–H and O–H groups in total. The summed E-state index contributed by atoms with van der Waals surface area (Å²) in [7, 11) is 0. The minimum absolute atomic E-state index is 0.145. The number of benzene rings is 1. The molecule has 0 aliphatic heterocycles. The molecule has 0 unspecified atom stereocenters. The van der Waals surface area contributed by atoms with Crippen LogP contribution in [0.2, 0.25) is 0 Å². The molecule has 1 aromatic rings. The summed E-state index contributed by atoms with van der Waals surface area (Å²) in [6.07, 6.45) is 1.61. The maximum absolute atomic E-state index is 13.2. The molecule has 0 heterocycles. The number of carbonyl (C=O) groups excluding carboxylic acids is 1. The lowest BCUT2D eigenvalue weighted by Crippen LogP contribution is -2.50. The van der Waals surface area contributed by atoms with Gasteiger partial charge in [0.25, 0.3) is 5.91 Å². The van der Waals surface area contributed by atoms with Crippen LogP contribution in [0.25, 0.3) is 0 Å². The number of carbonyl (C=O) groups is 1. The zero-order chi connectivity index (χ0) is 11.7. The van der Waals surface area contributed by atoms with Crippen LogP contribution in [0.15, 0.2) is 18.2 Å². The Labute approximate surface area is 93.8 Å². The molecule has 0 radical (unpaired) electrons. The summed E-state index contributed by atoms with van der Waals surface area (Å²) in [6.45, 7) is 1.67. The van der Waals surface area contributed by atoms with Crippen molar-refractivity contribution in [2.24, 2.45) is 5.73 Å². The van der Waals surface area contributed by atoms with E-state index in [1.165, 1.54) is 6.07 Å². The lowest BCUT2D eigenvalue weighted by Gasteiger charge is -2.32. The number of nitrogens with two attached hydrogens (primary N) is 1. The van der Waals surface area contributed by atoms with Gasteiger partial charge in [-0.15, -0.1) is 0 Å². The fourth-order valence-electron chi connectivity index (χ4n) is 1.78. The van der Waals surface area contributed by atoms with Crippen LogP contribution in [0.5, 0.6) is 0 Å². The first-order valence-electron chi connectivity index (χ1n) is 5.39. The molecule has 0 aromatic heterocycles. The Bertz CT molecular complexity index is 413. The average molecular weight is 222 g/mol. The number of halogens is 1. The molecule has 16 heavy (non-hydrogen) atoms. The summed E-state index contributed by atoms with van der Waals surface area (Å²) in [6, 6.07) is 4.85. The summed E-state index contributed by atoms with van der Waals surface area (Å²) < 4.78 is 13.2. The second kappa shape index (κ2) is 4.22. The van der Waals surface area contributed by atoms with Crippen molar-refractivity contribution < 1.29 is 9.18 Å². The molecule has 0 bridgehead atoms. The molecule has 1 saturated carbocycles. The molecule has 1 amide bonds. The molecule has 1 fully saturated rings. The highest BCUT2D eigenvalue weighted by Gasteiger charge is 2.27. The van der Waals surface area contributed by atoms with Gasteiger partial charge in [-0.05, 0) is 37.5 Å². The predicted molar refractivity (Wildman–Crippen MR) is 59.6 cm³/mol. The Morgan fingerprint density at radius 1 is 1.50 bits per heavy atom. The summed E-state index contributed by atoms with van der Waals surface area (Å²) in [4.78, 5) is 11.7. The molecular formula is C12H15FN2O. The molecular weight excluding hydrogens is 207 g/mol. The summed E-state index contributed by atoms with van der Waals surface area (Å²) in [5.74, 6) is -0.575. The molecule has 1 aliphatic carbocycles. The third kappa shape index (κ3) is 2.22. The fourth-order valence-corrected chi connectivity index (χ4v) is 1.78. The van der Waals surface area contributed by atoms with E-state index in [1.54, 1.807) is 19.1 Å². The van der Waals surface area contributed by atoms with Gasteiger partial charge in [0, 0.05) is 17.6 Å². The number of hydrogen-bond acceptors (Lipinski definition) is 2. The predicted octanol–water partition coefficient (Wildman–Crippen LogP) is 1.35. The summed E-state index contributed by atoms with van der Waals surface area (Å²) >= 11 is 0. The van der Waals surface area contributed by atoms with E-state index in [9.17, 15) is 9.18 Å². The summed E-state index contributed by atoms with van der Waals surface area (Å²) in [5, 5.41) is 2.82. The van der Waals surface area contributed by atoms with Crippen LogP contribution in [-0.2, 0) is 0 Å². The van der Waals surface area contributed by atoms with Gasteiger partial charge < -0.3 is 11.1 Å². The van der Waals surface area contributed by atoms with Crippen LogP contribution >= 0.6 is 0 Å². The Kier molecular flexibility index (Phi) is 2.92. The highest BCUT2D eigenvalue weighted by atomic mass is 19.1. The maximum atomic E-state index is 13.2. The van der Waals surface area contributed by atoms with Gasteiger partial charge in [-0.2, -0.15) is 0 Å². The van der Waals surface area contributed by atoms with Crippen molar-refractivity contribution >= 4 is 5.91 Å². The van der Waals surface area contributed by atoms with Gasteiger partial charge in [-0.3, -0.25) is 4.79 Å². The Hall–Kier alpha value is -1.42. The second-order valence-electron chi connectivity index (χ2n) is 4.37. The quantitative estimate of drug-likeness (QED) is 0.793. The number of nitrogens with one attached hydrogen (secondary N) is 1. The monoisotopic (exact) mass is 222 g/mol. The van der Waals surface area contributed by atoms with E-state index >= 15 is 0 Å². The standard InChI is InChI=1S/C12H15FN2O/c1-7-2-3-8(4-11(7)13)12(16)15-10-5-9(14)6-10/h2-4,9-10H,5-6,14H2,1H3,(H,15,16). The van der Waals surface area contributed by atoms with Crippen LogP contribution in [0.3, 0.4) is 0 Å². The lowest BCUT2D eigenvalue weighted by atomic mass is 9.87. The molecule has 4 heteroatoms. The van der Waals surface area contributed by atoms with E-state index in [0.717, 1.165) is 12.8 Å². The Balaban J connectivity index is 2.01. The minimum Gasteiger partial charge on any atom is -0.349 e. The highest BCUT2D eigenvalue weighted by molar-refractivity contribution is 5.94. The first-order chi connectivity index (χ1) is 7.56. The molecule has 0 saturated heterocycles. The Morgan fingerprint density at radius 2 is 2.19 bits per heavy atom. The first-order valence-corrected chi connectivity index (χ1v) is 5.39. The summed E-state index contributed by atoms with van der Waals surface area (Å²) in [5.41, 5.74) is 6.52. The smallest absolute Gasteiger partial charge is 0.251 e. The third-order valence-electron chi connectivity index (χ3n) is 2.94. The first kappa shape index (κ1) is 11.1. The number of aryl methyl sites for hydroxylation is 1. The molecule has 2 rings (SSSR count). The van der Waals surface area contributed by atoms with Crippen molar-refractivity contribution in [2.45, 2.75) is 31.8 Å². The van der Waals surface area contributed by atoms with Crippen molar-refractivity contribution in [1.29, 1.82) is 0 Å². The number of hydrogen-bond donors (Lipinski definition) is 2. The topological polar surface area (TPSA) is 55.1 Å². The van der Waals surface area contributed by atoms with E-state index in [4.69, 9.17) is 5.73 Å². The highest BCUT2D eigenvalue weighted by Crippen LogP contribution is 2.18. The number of rotatable bonds is 2. The van der Waals surface area contributed by atoms with Crippen LogP contribution in [0, 0.1) is 12.7 Å². The van der Waals surface area contributed by atoms with Crippen molar-refractivity contribution in [2.75, 3.05) is 0 Å². The largest absolute Gasteiger partial charge is 0.349 e. The van der Waals surface area contributed by atoms with E-state index in [2.05, 4.69) is 5.32 Å². The molecule has 0 atom stereocenters. The number of amides is 1. The van der Waals surface area contributed by atoms with Crippen molar-refractivity contribution in [3.8, 4) is 0 Å². The van der Waals surface area contributed by atoms with Gasteiger partial charge in [-0.25, -0.2) is 4.39 Å². The van der Waals surface area contributed by atoms with Crippen molar-refractivity contribution in [3.05, 3.63) is 35.1 Å². The van der Waals surface area contributed by atoms with Crippen LogP contribution < -0.4 is 11.1 Å². The zero-order valence-electron chi connectivity index (χ0n) is 9.16. The molecule has 0 spiro atoms. The van der Waals surface area contributed by atoms with E-state index < -0.39 is 0 Å². The van der Waals surface area contributed by atoms with Crippen LogP contribution in [-0.4, -0.2) is 18.0 Å². The lowest BCUT2D eigenvalue weighted by molar-refractivity contribution is 0.0910. The van der Waals surface area contributed by atoms with Crippen LogP contribution in [0.4, 0.5) is 4.39 Å². The van der Waals surface area contributed by atoms with Gasteiger partial charge in [0.05, 0.1) is 0 Å². The zero-order valence-corrected chi connectivity index (χ0v) is 9.16. The van der Waals surface area contributed by atoms with Crippen molar-refractivity contribution in [1.82, 2.24) is 5.32 Å². The molecule has 1 aromatic carbocycles. The third-order valence-corrected chi connectivity index (χ3v) is 2.94. The second-order valence-corrected chi connectivity index (χ2v) is 4.37. The van der Waals surface area contributed by atoms with Gasteiger partial charge in [0.1, 0.15) is 5.82 Å². The molecule has 86 valence electrons. The van der Waals surface area contributed by atoms with Gasteiger partial charge in [-0.1, -0.05) is 6.07 Å². The Morgan fingerprint density at radius 3 is 2.75 bits per heavy atom. The SMILES string of the molecule is Cc1ccc(C(=O)NC2CC(N)C2)cc1F. The van der Waals surface area contributed by atoms with E-state index in [-0.39, 0.29) is 23.8 Å². The molecule has 3 nitrogen and oxygen atoms in total. The van der Waals surface area contributed by atoms with E-state index in [0.29, 0.717) is 11.1 Å². The van der Waals surface area contributed by atoms with Gasteiger partial charge in [0.2, 0.25) is 0 Å². The van der Waals surface area contributed by atoms with Crippen molar-refractivity contribution in [3.63, 3.8) is 0 Å². The van der Waals surface area contributed by atoms with E-state index in [1.807, 2.05) is 0 Å². The normalized spacial score (nSPS) is 23.7. The van der Waals surface area contributed by atoms with Gasteiger partial charge in [0.15, 0.2) is 0 Å². The molecule has 1 aliphatic rings. The maximum Gasteiger partial charge on any atom is 0.251 e.